The number of benzene rings is 1. The second-order valence-corrected chi connectivity index (χ2v) is 3.86. The van der Waals surface area contributed by atoms with Crippen LogP contribution >= 0.6 is 11.6 Å². The summed E-state index contributed by atoms with van der Waals surface area (Å²) in [5, 5.41) is 0.740. The number of imidazole rings is 1. The molecule has 0 saturated carbocycles. The summed E-state index contributed by atoms with van der Waals surface area (Å²) in [7, 11) is 0. The number of aromatic nitrogens is 2. The van der Waals surface area contributed by atoms with E-state index in [1.807, 2.05) is 35.0 Å². The van der Waals surface area contributed by atoms with E-state index in [4.69, 9.17) is 17.3 Å². The van der Waals surface area contributed by atoms with Gasteiger partial charge in [0.25, 0.3) is 0 Å². The number of rotatable bonds is 2. The molecule has 0 fully saturated rings. The van der Waals surface area contributed by atoms with Crippen molar-refractivity contribution in [1.29, 1.82) is 0 Å². The summed E-state index contributed by atoms with van der Waals surface area (Å²) < 4.78 is 1.92. The zero-order valence-electron chi connectivity index (χ0n) is 8.39. The Kier molecular flexibility index (Phi) is 2.64. The standard InChI is InChI=1S/C11H12ClN3/c1-8(15-7-6-14-11(15)13)9-2-4-10(12)5-3-9/h2-8H,1H3,(H2,13,14). The summed E-state index contributed by atoms with van der Waals surface area (Å²) in [5.41, 5.74) is 6.89. The minimum Gasteiger partial charge on any atom is -0.369 e. The second-order valence-electron chi connectivity index (χ2n) is 3.42. The van der Waals surface area contributed by atoms with Crippen LogP contribution in [0.5, 0.6) is 0 Å². The minimum atomic E-state index is 0.171. The molecule has 0 amide bonds. The Morgan fingerprint density at radius 2 is 2.00 bits per heavy atom. The van der Waals surface area contributed by atoms with E-state index in [1.54, 1.807) is 6.20 Å². The number of hydrogen-bond donors (Lipinski definition) is 1. The molecule has 2 N–H and O–H groups in total. The maximum atomic E-state index is 5.83. The average molecular weight is 222 g/mol. The number of hydrogen-bond acceptors (Lipinski definition) is 2. The van der Waals surface area contributed by atoms with Crippen LogP contribution in [0.3, 0.4) is 0 Å². The third kappa shape index (κ3) is 1.97. The van der Waals surface area contributed by atoms with Gasteiger partial charge in [0.15, 0.2) is 0 Å². The van der Waals surface area contributed by atoms with Crippen LogP contribution in [0, 0.1) is 0 Å². The Balaban J connectivity index is 2.32. The largest absolute Gasteiger partial charge is 0.369 e. The van der Waals surface area contributed by atoms with E-state index < -0.39 is 0 Å². The first-order valence-corrected chi connectivity index (χ1v) is 5.10. The first-order chi connectivity index (χ1) is 7.18. The Morgan fingerprint density at radius 3 is 2.53 bits per heavy atom. The lowest BCUT2D eigenvalue weighted by Crippen LogP contribution is -2.09. The van der Waals surface area contributed by atoms with E-state index in [0.29, 0.717) is 5.95 Å². The van der Waals surface area contributed by atoms with Gasteiger partial charge >= 0.3 is 0 Å². The maximum Gasteiger partial charge on any atom is 0.200 e. The van der Waals surface area contributed by atoms with Gasteiger partial charge in [-0.25, -0.2) is 4.98 Å². The van der Waals surface area contributed by atoms with E-state index >= 15 is 0 Å². The van der Waals surface area contributed by atoms with Crippen LogP contribution in [-0.4, -0.2) is 9.55 Å². The lowest BCUT2D eigenvalue weighted by molar-refractivity contribution is 0.648. The van der Waals surface area contributed by atoms with E-state index in [9.17, 15) is 0 Å². The van der Waals surface area contributed by atoms with Crippen LogP contribution in [0.4, 0.5) is 5.95 Å². The Labute approximate surface area is 93.5 Å². The van der Waals surface area contributed by atoms with E-state index in [-0.39, 0.29) is 6.04 Å². The van der Waals surface area contributed by atoms with Crippen molar-refractivity contribution in [3.05, 3.63) is 47.2 Å². The van der Waals surface area contributed by atoms with Gasteiger partial charge in [0.05, 0.1) is 6.04 Å². The Hall–Kier alpha value is -1.48. The molecule has 1 aromatic carbocycles. The molecule has 2 aromatic rings. The van der Waals surface area contributed by atoms with Crippen LogP contribution in [-0.2, 0) is 0 Å². The third-order valence-electron chi connectivity index (χ3n) is 2.47. The molecule has 1 heterocycles. The van der Waals surface area contributed by atoms with Crippen LogP contribution < -0.4 is 5.73 Å². The second kappa shape index (κ2) is 3.95. The molecule has 1 atom stereocenters. The van der Waals surface area contributed by atoms with Crippen LogP contribution in [0.15, 0.2) is 36.7 Å². The van der Waals surface area contributed by atoms with Gasteiger partial charge in [-0.2, -0.15) is 0 Å². The molecule has 0 bridgehead atoms. The summed E-state index contributed by atoms with van der Waals surface area (Å²) in [6.07, 6.45) is 3.57. The number of anilines is 1. The summed E-state index contributed by atoms with van der Waals surface area (Å²) in [5.74, 6) is 0.525. The number of halogens is 1. The van der Waals surface area contributed by atoms with Crippen molar-refractivity contribution in [2.75, 3.05) is 5.73 Å². The van der Waals surface area contributed by atoms with Crippen molar-refractivity contribution in [1.82, 2.24) is 9.55 Å². The molecular formula is C11H12ClN3. The first kappa shape index (κ1) is 10.1. The predicted octanol–water partition coefficient (Wildman–Crippen LogP) is 2.73. The lowest BCUT2D eigenvalue weighted by Gasteiger charge is -2.14. The third-order valence-corrected chi connectivity index (χ3v) is 2.72. The fourth-order valence-corrected chi connectivity index (χ4v) is 1.68. The van der Waals surface area contributed by atoms with Crippen molar-refractivity contribution in [3.8, 4) is 0 Å². The van der Waals surface area contributed by atoms with E-state index in [1.165, 1.54) is 0 Å². The summed E-state index contributed by atoms with van der Waals surface area (Å²) in [6, 6.07) is 7.91. The molecule has 78 valence electrons. The van der Waals surface area contributed by atoms with Gasteiger partial charge in [-0.1, -0.05) is 23.7 Å². The van der Waals surface area contributed by atoms with E-state index in [2.05, 4.69) is 11.9 Å². The highest BCUT2D eigenvalue weighted by Gasteiger charge is 2.09. The highest BCUT2D eigenvalue weighted by atomic mass is 35.5. The first-order valence-electron chi connectivity index (χ1n) is 4.72. The van der Waals surface area contributed by atoms with Crippen molar-refractivity contribution in [2.24, 2.45) is 0 Å². The Morgan fingerprint density at radius 1 is 1.33 bits per heavy atom. The number of nitrogens with zero attached hydrogens (tertiary/aromatic N) is 2. The molecule has 1 unspecified atom stereocenters. The molecule has 0 aliphatic rings. The van der Waals surface area contributed by atoms with Crippen molar-refractivity contribution in [3.63, 3.8) is 0 Å². The minimum absolute atomic E-state index is 0.171. The molecule has 4 heteroatoms. The molecular weight excluding hydrogens is 210 g/mol. The van der Waals surface area contributed by atoms with Gasteiger partial charge in [-0.05, 0) is 24.6 Å². The van der Waals surface area contributed by atoms with Crippen LogP contribution in [0.1, 0.15) is 18.5 Å². The molecule has 2 rings (SSSR count). The summed E-state index contributed by atoms with van der Waals surface area (Å²) in [6.45, 7) is 2.07. The number of nitrogen functional groups attached to an aromatic ring is 1. The van der Waals surface area contributed by atoms with Gasteiger partial charge in [-0.3, -0.25) is 0 Å². The predicted molar refractivity (Wildman–Crippen MR) is 61.9 cm³/mol. The number of nitrogens with two attached hydrogens (primary N) is 1. The normalized spacial score (nSPS) is 12.7. The van der Waals surface area contributed by atoms with Gasteiger partial charge in [0.1, 0.15) is 0 Å². The Bertz CT molecular complexity index is 447. The van der Waals surface area contributed by atoms with Gasteiger partial charge in [0, 0.05) is 17.4 Å². The summed E-state index contributed by atoms with van der Waals surface area (Å²) in [4.78, 5) is 4.00. The quantitative estimate of drug-likeness (QED) is 0.848. The van der Waals surface area contributed by atoms with Crippen molar-refractivity contribution in [2.45, 2.75) is 13.0 Å². The van der Waals surface area contributed by atoms with Gasteiger partial charge in [0.2, 0.25) is 5.95 Å². The van der Waals surface area contributed by atoms with Crippen LogP contribution in [0.25, 0.3) is 0 Å². The highest BCUT2D eigenvalue weighted by Crippen LogP contribution is 2.21. The molecule has 0 saturated heterocycles. The summed E-state index contributed by atoms with van der Waals surface area (Å²) >= 11 is 5.83. The maximum absolute atomic E-state index is 5.83. The molecule has 0 aliphatic heterocycles. The topological polar surface area (TPSA) is 43.8 Å². The smallest absolute Gasteiger partial charge is 0.200 e. The molecule has 1 aromatic heterocycles. The van der Waals surface area contributed by atoms with Gasteiger partial charge in [-0.15, -0.1) is 0 Å². The average Bonchev–Trinajstić information content (AvgIpc) is 2.65. The van der Waals surface area contributed by atoms with E-state index in [0.717, 1.165) is 10.6 Å². The van der Waals surface area contributed by atoms with Crippen LogP contribution in [0.2, 0.25) is 5.02 Å². The fourth-order valence-electron chi connectivity index (χ4n) is 1.55. The zero-order chi connectivity index (χ0) is 10.8. The van der Waals surface area contributed by atoms with Crippen molar-refractivity contribution >= 4 is 17.5 Å². The van der Waals surface area contributed by atoms with Crippen molar-refractivity contribution < 1.29 is 0 Å². The monoisotopic (exact) mass is 221 g/mol. The zero-order valence-corrected chi connectivity index (χ0v) is 9.15. The van der Waals surface area contributed by atoms with Gasteiger partial charge < -0.3 is 10.3 Å². The SMILES string of the molecule is CC(c1ccc(Cl)cc1)n1ccnc1N. The molecule has 3 nitrogen and oxygen atoms in total. The lowest BCUT2D eigenvalue weighted by atomic mass is 10.1. The molecule has 15 heavy (non-hydrogen) atoms. The highest BCUT2D eigenvalue weighted by molar-refractivity contribution is 6.30. The fraction of sp³-hybridized carbons (Fsp3) is 0.182. The molecule has 0 radical (unpaired) electrons. The molecule has 0 spiro atoms. The molecule has 0 aliphatic carbocycles.